The molecule has 0 saturated carbocycles. The lowest BCUT2D eigenvalue weighted by Gasteiger charge is -2.14. The van der Waals surface area contributed by atoms with E-state index in [1.165, 1.54) is 0 Å². The summed E-state index contributed by atoms with van der Waals surface area (Å²) in [6.45, 7) is 4.30. The highest BCUT2D eigenvalue weighted by Crippen LogP contribution is 2.29. The summed E-state index contributed by atoms with van der Waals surface area (Å²) in [7, 11) is 1.57. The van der Waals surface area contributed by atoms with Crippen molar-refractivity contribution in [3.05, 3.63) is 28.8 Å². The van der Waals surface area contributed by atoms with E-state index in [1.807, 2.05) is 6.07 Å². The Bertz CT molecular complexity index is 337. The molecular weight excluding hydrogens is 224 g/mol. The van der Waals surface area contributed by atoms with Gasteiger partial charge >= 0.3 is 0 Å². The van der Waals surface area contributed by atoms with Crippen molar-refractivity contribution in [3.63, 3.8) is 0 Å². The molecule has 1 aromatic carbocycles. The van der Waals surface area contributed by atoms with Crippen molar-refractivity contribution >= 4 is 11.6 Å². The van der Waals surface area contributed by atoms with Crippen molar-refractivity contribution in [2.45, 2.75) is 32.8 Å². The third-order valence-corrected chi connectivity index (χ3v) is 2.89. The fraction of sp³-hybridized carbons (Fsp3) is 0.538. The second kappa shape index (κ2) is 6.12. The van der Waals surface area contributed by atoms with Gasteiger partial charge in [-0.15, -0.1) is 0 Å². The van der Waals surface area contributed by atoms with E-state index in [0.717, 1.165) is 18.4 Å². The van der Waals surface area contributed by atoms with Crippen molar-refractivity contribution in [3.8, 4) is 5.75 Å². The van der Waals surface area contributed by atoms with E-state index in [4.69, 9.17) is 16.3 Å². The number of methoxy groups -OCH3 is 1. The van der Waals surface area contributed by atoms with Gasteiger partial charge in [-0.2, -0.15) is 0 Å². The van der Waals surface area contributed by atoms with Gasteiger partial charge in [0.2, 0.25) is 0 Å². The Morgan fingerprint density at radius 1 is 1.31 bits per heavy atom. The SMILES string of the molecule is COc1cc(C(O)CCC(C)C)ccc1Cl. The minimum absolute atomic E-state index is 0.437. The second-order valence-electron chi connectivity index (χ2n) is 4.38. The van der Waals surface area contributed by atoms with Gasteiger partial charge < -0.3 is 9.84 Å². The minimum atomic E-state index is -0.437. The van der Waals surface area contributed by atoms with E-state index in [1.54, 1.807) is 19.2 Å². The molecule has 0 spiro atoms. The van der Waals surface area contributed by atoms with E-state index in [2.05, 4.69) is 13.8 Å². The zero-order chi connectivity index (χ0) is 12.1. The lowest BCUT2D eigenvalue weighted by molar-refractivity contribution is 0.159. The lowest BCUT2D eigenvalue weighted by Crippen LogP contribution is -2.00. The molecule has 3 heteroatoms. The van der Waals surface area contributed by atoms with Crippen LogP contribution in [0.15, 0.2) is 18.2 Å². The van der Waals surface area contributed by atoms with E-state index < -0.39 is 6.10 Å². The molecule has 0 radical (unpaired) electrons. The van der Waals surface area contributed by atoms with Crippen molar-refractivity contribution in [2.75, 3.05) is 7.11 Å². The molecule has 0 fully saturated rings. The lowest BCUT2D eigenvalue weighted by atomic mass is 10.00. The molecule has 0 bridgehead atoms. The normalized spacial score (nSPS) is 12.9. The Morgan fingerprint density at radius 3 is 2.56 bits per heavy atom. The average molecular weight is 243 g/mol. The smallest absolute Gasteiger partial charge is 0.137 e. The quantitative estimate of drug-likeness (QED) is 0.851. The first-order chi connectivity index (χ1) is 7.54. The van der Waals surface area contributed by atoms with Gasteiger partial charge in [0.25, 0.3) is 0 Å². The Hall–Kier alpha value is -0.730. The van der Waals surface area contributed by atoms with Crippen LogP contribution in [0.3, 0.4) is 0 Å². The zero-order valence-electron chi connectivity index (χ0n) is 10.0. The summed E-state index contributed by atoms with van der Waals surface area (Å²) >= 11 is 5.92. The fourth-order valence-corrected chi connectivity index (χ4v) is 1.74. The largest absolute Gasteiger partial charge is 0.495 e. The highest BCUT2D eigenvalue weighted by Gasteiger charge is 2.11. The van der Waals surface area contributed by atoms with Gasteiger partial charge in [-0.05, 0) is 36.5 Å². The standard InChI is InChI=1S/C13H19ClO2/c1-9(2)4-7-12(15)10-5-6-11(14)13(8-10)16-3/h5-6,8-9,12,15H,4,7H2,1-3H3. The van der Waals surface area contributed by atoms with Crippen molar-refractivity contribution < 1.29 is 9.84 Å². The number of aliphatic hydroxyl groups excluding tert-OH is 1. The zero-order valence-corrected chi connectivity index (χ0v) is 10.8. The Labute approximate surface area is 102 Å². The predicted molar refractivity (Wildman–Crippen MR) is 67.0 cm³/mol. The van der Waals surface area contributed by atoms with Gasteiger partial charge in [0.15, 0.2) is 0 Å². The Morgan fingerprint density at radius 2 is 2.00 bits per heavy atom. The van der Waals surface area contributed by atoms with E-state index in [9.17, 15) is 5.11 Å². The maximum Gasteiger partial charge on any atom is 0.137 e. The van der Waals surface area contributed by atoms with Crippen LogP contribution in [0.5, 0.6) is 5.75 Å². The molecule has 1 rings (SSSR count). The van der Waals surface area contributed by atoms with Gasteiger partial charge in [-0.1, -0.05) is 31.5 Å². The van der Waals surface area contributed by atoms with Crippen molar-refractivity contribution in [1.82, 2.24) is 0 Å². The molecule has 1 atom stereocenters. The molecule has 0 aliphatic heterocycles. The van der Waals surface area contributed by atoms with Crippen LogP contribution in [-0.4, -0.2) is 12.2 Å². The number of aliphatic hydroxyl groups is 1. The van der Waals surface area contributed by atoms with Gasteiger partial charge in [0, 0.05) is 0 Å². The Kier molecular flexibility index (Phi) is 5.10. The Balaban J connectivity index is 2.72. The van der Waals surface area contributed by atoms with E-state index in [0.29, 0.717) is 16.7 Å². The van der Waals surface area contributed by atoms with Crippen LogP contribution in [0.4, 0.5) is 0 Å². The molecule has 0 aliphatic carbocycles. The van der Waals surface area contributed by atoms with Crippen LogP contribution in [0.2, 0.25) is 5.02 Å². The van der Waals surface area contributed by atoms with Gasteiger partial charge in [0.05, 0.1) is 18.2 Å². The fourth-order valence-electron chi connectivity index (χ4n) is 1.54. The molecule has 0 aliphatic rings. The van der Waals surface area contributed by atoms with E-state index >= 15 is 0 Å². The van der Waals surface area contributed by atoms with Gasteiger partial charge in [-0.25, -0.2) is 0 Å². The molecule has 1 aromatic rings. The molecule has 0 aromatic heterocycles. The number of ether oxygens (including phenoxy) is 1. The maximum absolute atomic E-state index is 9.98. The molecule has 1 unspecified atom stereocenters. The molecule has 90 valence electrons. The molecule has 2 nitrogen and oxygen atoms in total. The summed E-state index contributed by atoms with van der Waals surface area (Å²) in [5.41, 5.74) is 0.863. The number of hydrogen-bond donors (Lipinski definition) is 1. The number of hydrogen-bond acceptors (Lipinski definition) is 2. The number of rotatable bonds is 5. The molecule has 1 N–H and O–H groups in total. The molecule has 0 saturated heterocycles. The first kappa shape index (κ1) is 13.3. The van der Waals surface area contributed by atoms with Crippen LogP contribution >= 0.6 is 11.6 Å². The molecular formula is C13H19ClO2. The molecule has 16 heavy (non-hydrogen) atoms. The summed E-state index contributed by atoms with van der Waals surface area (Å²) in [6.07, 6.45) is 1.34. The average Bonchev–Trinajstić information content (AvgIpc) is 2.26. The predicted octanol–water partition coefficient (Wildman–Crippen LogP) is 3.82. The second-order valence-corrected chi connectivity index (χ2v) is 4.79. The first-order valence-electron chi connectivity index (χ1n) is 5.56. The number of halogens is 1. The molecule has 0 heterocycles. The highest BCUT2D eigenvalue weighted by molar-refractivity contribution is 6.32. The first-order valence-corrected chi connectivity index (χ1v) is 5.94. The van der Waals surface area contributed by atoms with Crippen LogP contribution in [0, 0.1) is 5.92 Å². The third kappa shape index (κ3) is 3.69. The highest BCUT2D eigenvalue weighted by atomic mass is 35.5. The summed E-state index contributed by atoms with van der Waals surface area (Å²) < 4.78 is 5.12. The van der Waals surface area contributed by atoms with Crippen LogP contribution in [0.1, 0.15) is 38.4 Å². The maximum atomic E-state index is 9.98. The summed E-state index contributed by atoms with van der Waals surface area (Å²) in [6, 6.07) is 5.40. The van der Waals surface area contributed by atoms with Crippen LogP contribution in [0.25, 0.3) is 0 Å². The third-order valence-electron chi connectivity index (χ3n) is 2.58. The van der Waals surface area contributed by atoms with Crippen LogP contribution < -0.4 is 4.74 Å². The minimum Gasteiger partial charge on any atom is -0.495 e. The van der Waals surface area contributed by atoms with E-state index in [-0.39, 0.29) is 0 Å². The summed E-state index contributed by atoms with van der Waals surface area (Å²) in [5.74, 6) is 1.21. The monoisotopic (exact) mass is 242 g/mol. The summed E-state index contributed by atoms with van der Waals surface area (Å²) in [5, 5.41) is 10.6. The van der Waals surface area contributed by atoms with Gasteiger partial charge in [-0.3, -0.25) is 0 Å². The van der Waals surface area contributed by atoms with Crippen LogP contribution in [-0.2, 0) is 0 Å². The summed E-state index contributed by atoms with van der Waals surface area (Å²) in [4.78, 5) is 0. The number of benzene rings is 1. The molecule has 0 amide bonds. The van der Waals surface area contributed by atoms with Crippen molar-refractivity contribution in [2.24, 2.45) is 5.92 Å². The topological polar surface area (TPSA) is 29.5 Å². The van der Waals surface area contributed by atoms with Gasteiger partial charge in [0.1, 0.15) is 5.75 Å². The van der Waals surface area contributed by atoms with Crippen molar-refractivity contribution in [1.29, 1.82) is 0 Å².